The topological polar surface area (TPSA) is 74.8 Å². The molecule has 1 spiro atoms. The standard InChI is InChI=1S/C22H28N2O4/c1-14-19(21(26)27-12-11-25)20-16-13-15-5-4-10-24-9-3-2-8-22(15,24)28-18(16)7-6-17(20)23-14/h6-7,15,23,25H,2-5,8-13H2,1H3. The van der Waals surface area contributed by atoms with Crippen molar-refractivity contribution in [2.45, 2.75) is 51.2 Å². The van der Waals surface area contributed by atoms with Gasteiger partial charge in [0, 0.05) is 47.6 Å². The number of esters is 1. The second-order valence-electron chi connectivity index (χ2n) is 8.38. The van der Waals surface area contributed by atoms with Gasteiger partial charge in [0.05, 0.1) is 12.2 Å². The largest absolute Gasteiger partial charge is 0.472 e. The Morgan fingerprint density at radius 3 is 3.07 bits per heavy atom. The smallest absolute Gasteiger partial charge is 0.340 e. The van der Waals surface area contributed by atoms with Gasteiger partial charge in [-0.15, -0.1) is 0 Å². The van der Waals surface area contributed by atoms with Crippen LogP contribution in [0.3, 0.4) is 0 Å². The number of H-pyrrole nitrogens is 1. The van der Waals surface area contributed by atoms with Crippen LogP contribution in [0.1, 0.15) is 53.7 Å². The van der Waals surface area contributed by atoms with E-state index < -0.39 is 0 Å². The minimum absolute atomic E-state index is 0.0111. The lowest BCUT2D eigenvalue weighted by molar-refractivity contribution is -0.177. The summed E-state index contributed by atoms with van der Waals surface area (Å²) in [7, 11) is 0. The lowest BCUT2D eigenvalue weighted by Crippen LogP contribution is -2.64. The van der Waals surface area contributed by atoms with Crippen LogP contribution >= 0.6 is 0 Å². The Labute approximate surface area is 164 Å². The van der Waals surface area contributed by atoms with E-state index in [2.05, 4.69) is 16.0 Å². The van der Waals surface area contributed by atoms with Gasteiger partial charge in [-0.2, -0.15) is 0 Å². The maximum atomic E-state index is 12.7. The molecule has 2 atom stereocenters. The number of aryl methyl sites for hydroxylation is 1. The van der Waals surface area contributed by atoms with Crippen LogP contribution < -0.4 is 4.74 Å². The van der Waals surface area contributed by atoms with Crippen LogP contribution in [0.2, 0.25) is 0 Å². The Bertz CT molecular complexity index is 919. The summed E-state index contributed by atoms with van der Waals surface area (Å²) in [5.74, 6) is 0.985. The molecule has 3 aliphatic rings. The van der Waals surface area contributed by atoms with E-state index in [1.165, 1.54) is 25.7 Å². The number of nitrogens with one attached hydrogen (secondary N) is 1. The van der Waals surface area contributed by atoms with E-state index in [9.17, 15) is 4.79 Å². The van der Waals surface area contributed by atoms with Crippen molar-refractivity contribution in [3.05, 3.63) is 29.0 Å². The predicted octanol–water partition coefficient (Wildman–Crippen LogP) is 3.15. The van der Waals surface area contributed by atoms with Crippen molar-refractivity contribution in [2.24, 2.45) is 5.92 Å². The average Bonchev–Trinajstić information content (AvgIpc) is 3.05. The molecule has 1 aromatic carbocycles. The number of hydrogen-bond acceptors (Lipinski definition) is 5. The van der Waals surface area contributed by atoms with Crippen molar-refractivity contribution < 1.29 is 19.4 Å². The molecular weight excluding hydrogens is 356 g/mol. The molecule has 4 heterocycles. The van der Waals surface area contributed by atoms with Gasteiger partial charge in [0.15, 0.2) is 5.72 Å². The molecule has 0 bridgehead atoms. The van der Waals surface area contributed by atoms with Crippen LogP contribution in [-0.4, -0.2) is 53.0 Å². The van der Waals surface area contributed by atoms with Gasteiger partial charge in [0.1, 0.15) is 12.4 Å². The number of fused-ring (bicyclic) bond motifs is 3. The minimum atomic E-state index is -0.380. The first-order valence-corrected chi connectivity index (χ1v) is 10.5. The normalized spacial score (nSPS) is 26.9. The number of aliphatic hydroxyl groups is 1. The molecule has 2 aromatic rings. The second-order valence-corrected chi connectivity index (χ2v) is 8.38. The van der Waals surface area contributed by atoms with E-state index in [1.54, 1.807) is 0 Å². The van der Waals surface area contributed by atoms with Gasteiger partial charge in [-0.1, -0.05) is 0 Å². The fourth-order valence-electron chi connectivity index (χ4n) is 5.68. The zero-order chi connectivity index (χ0) is 19.3. The first-order valence-electron chi connectivity index (χ1n) is 10.5. The number of aliphatic hydroxyl groups excluding tert-OH is 1. The maximum Gasteiger partial charge on any atom is 0.340 e. The molecule has 1 aromatic heterocycles. The molecule has 2 fully saturated rings. The number of rotatable bonds is 3. The van der Waals surface area contributed by atoms with E-state index in [0.29, 0.717) is 11.5 Å². The molecule has 6 nitrogen and oxygen atoms in total. The van der Waals surface area contributed by atoms with Crippen LogP contribution in [0.15, 0.2) is 12.1 Å². The number of benzene rings is 1. The summed E-state index contributed by atoms with van der Waals surface area (Å²) in [4.78, 5) is 18.6. The van der Waals surface area contributed by atoms with E-state index in [1.807, 2.05) is 13.0 Å². The first kappa shape index (κ1) is 18.0. The molecule has 0 saturated carbocycles. The Balaban J connectivity index is 1.61. The van der Waals surface area contributed by atoms with E-state index in [4.69, 9.17) is 14.6 Å². The van der Waals surface area contributed by atoms with Gasteiger partial charge < -0.3 is 19.6 Å². The van der Waals surface area contributed by atoms with E-state index >= 15 is 0 Å². The Morgan fingerprint density at radius 2 is 2.21 bits per heavy atom. The molecule has 2 unspecified atom stereocenters. The van der Waals surface area contributed by atoms with Crippen molar-refractivity contribution in [2.75, 3.05) is 26.3 Å². The number of aromatic amines is 1. The van der Waals surface area contributed by atoms with E-state index in [-0.39, 0.29) is 24.9 Å². The van der Waals surface area contributed by atoms with Crippen LogP contribution in [0, 0.1) is 12.8 Å². The zero-order valence-electron chi connectivity index (χ0n) is 16.4. The summed E-state index contributed by atoms with van der Waals surface area (Å²) in [5, 5.41) is 9.95. The van der Waals surface area contributed by atoms with Crippen molar-refractivity contribution >= 4 is 16.9 Å². The molecule has 3 aliphatic heterocycles. The summed E-state index contributed by atoms with van der Waals surface area (Å²) in [5.41, 5.74) is 3.29. The van der Waals surface area contributed by atoms with Crippen LogP contribution in [0.5, 0.6) is 5.75 Å². The van der Waals surface area contributed by atoms with Crippen molar-refractivity contribution in [3.8, 4) is 5.75 Å². The van der Waals surface area contributed by atoms with Gasteiger partial charge in [-0.25, -0.2) is 4.79 Å². The fraction of sp³-hybridized carbons (Fsp3) is 0.591. The summed E-state index contributed by atoms with van der Waals surface area (Å²) >= 11 is 0. The Hall–Kier alpha value is -2.05. The highest BCUT2D eigenvalue weighted by Gasteiger charge is 2.52. The van der Waals surface area contributed by atoms with Gasteiger partial charge in [-0.3, -0.25) is 4.90 Å². The molecular formula is C22H28N2O4. The number of piperidine rings is 2. The summed E-state index contributed by atoms with van der Waals surface area (Å²) in [6.45, 7) is 3.98. The Morgan fingerprint density at radius 1 is 1.36 bits per heavy atom. The molecule has 2 N–H and O–H groups in total. The van der Waals surface area contributed by atoms with Crippen molar-refractivity contribution in [3.63, 3.8) is 0 Å². The molecule has 5 rings (SSSR count). The van der Waals surface area contributed by atoms with Gasteiger partial charge >= 0.3 is 5.97 Å². The molecule has 2 saturated heterocycles. The SMILES string of the molecule is Cc1[nH]c2ccc3c(c2c1C(=O)OCCO)CC1CCCN2CCCCC12O3. The number of carbonyl (C=O) groups is 1. The minimum Gasteiger partial charge on any atom is -0.472 e. The number of carbonyl (C=O) groups excluding carboxylic acids is 1. The Kier molecular flexibility index (Phi) is 4.36. The molecule has 0 radical (unpaired) electrons. The zero-order valence-corrected chi connectivity index (χ0v) is 16.4. The predicted molar refractivity (Wildman–Crippen MR) is 106 cm³/mol. The average molecular weight is 384 g/mol. The molecule has 0 aliphatic carbocycles. The molecule has 28 heavy (non-hydrogen) atoms. The number of aromatic nitrogens is 1. The van der Waals surface area contributed by atoms with Crippen LogP contribution in [0.25, 0.3) is 10.9 Å². The lowest BCUT2D eigenvalue weighted by Gasteiger charge is -2.56. The lowest BCUT2D eigenvalue weighted by atomic mass is 9.74. The molecule has 6 heteroatoms. The molecule has 0 amide bonds. The third-order valence-corrected chi connectivity index (χ3v) is 6.85. The highest BCUT2D eigenvalue weighted by molar-refractivity contribution is 6.07. The van der Waals surface area contributed by atoms with Crippen LogP contribution in [0.4, 0.5) is 0 Å². The highest BCUT2D eigenvalue weighted by atomic mass is 16.5. The van der Waals surface area contributed by atoms with Gasteiger partial charge in [0.2, 0.25) is 0 Å². The summed E-state index contributed by atoms with van der Waals surface area (Å²) in [6.07, 6.45) is 6.86. The van der Waals surface area contributed by atoms with Gasteiger partial charge in [0.25, 0.3) is 0 Å². The maximum absolute atomic E-state index is 12.7. The number of ether oxygens (including phenoxy) is 2. The van der Waals surface area contributed by atoms with Crippen molar-refractivity contribution in [1.29, 1.82) is 0 Å². The third-order valence-electron chi connectivity index (χ3n) is 6.85. The third kappa shape index (κ3) is 2.58. The first-order chi connectivity index (χ1) is 13.6. The van der Waals surface area contributed by atoms with Crippen LogP contribution in [-0.2, 0) is 11.2 Å². The summed E-state index contributed by atoms with van der Waals surface area (Å²) < 4.78 is 12.0. The summed E-state index contributed by atoms with van der Waals surface area (Å²) in [6, 6.07) is 4.07. The quantitative estimate of drug-likeness (QED) is 0.795. The molecule has 150 valence electrons. The fourth-order valence-corrected chi connectivity index (χ4v) is 5.68. The number of hydrogen-bond donors (Lipinski definition) is 2. The second kappa shape index (κ2) is 6.78. The number of nitrogens with zero attached hydrogens (tertiary/aromatic N) is 1. The highest BCUT2D eigenvalue weighted by Crippen LogP contribution is 2.50. The van der Waals surface area contributed by atoms with E-state index in [0.717, 1.165) is 53.8 Å². The monoisotopic (exact) mass is 384 g/mol. The van der Waals surface area contributed by atoms with Gasteiger partial charge in [-0.05, 0) is 51.2 Å². The van der Waals surface area contributed by atoms with Crippen molar-refractivity contribution in [1.82, 2.24) is 9.88 Å².